The molecule has 1 aromatic heterocycles. The predicted molar refractivity (Wildman–Crippen MR) is 66.2 cm³/mol. The van der Waals surface area contributed by atoms with E-state index in [2.05, 4.69) is 44.4 Å². The van der Waals surface area contributed by atoms with Crippen LogP contribution >= 0.6 is 39.3 Å². The zero-order valence-electron chi connectivity index (χ0n) is 7.92. The highest BCUT2D eigenvalue weighted by Gasteiger charge is 2.06. The summed E-state index contributed by atoms with van der Waals surface area (Å²) in [5.41, 5.74) is 0. The van der Waals surface area contributed by atoms with Gasteiger partial charge >= 0.3 is 0 Å². The van der Waals surface area contributed by atoms with Crippen LogP contribution in [0.2, 0.25) is 5.28 Å². The highest BCUT2D eigenvalue weighted by Crippen LogP contribution is 2.21. The summed E-state index contributed by atoms with van der Waals surface area (Å²) < 4.78 is 0.829. The van der Waals surface area contributed by atoms with Crippen molar-refractivity contribution in [2.45, 2.75) is 13.0 Å². The van der Waals surface area contributed by atoms with E-state index in [1.54, 1.807) is 18.0 Å². The molecule has 0 aliphatic heterocycles. The van der Waals surface area contributed by atoms with Gasteiger partial charge in [0.1, 0.15) is 5.82 Å². The van der Waals surface area contributed by atoms with Gasteiger partial charge in [0.2, 0.25) is 5.28 Å². The molecule has 1 unspecified atom stereocenters. The molecule has 14 heavy (non-hydrogen) atoms. The smallest absolute Gasteiger partial charge is 0.224 e. The van der Waals surface area contributed by atoms with Gasteiger partial charge in [0.05, 0.1) is 4.47 Å². The first-order valence-corrected chi connectivity index (χ1v) is 6.63. The van der Waals surface area contributed by atoms with E-state index in [9.17, 15) is 0 Å². The van der Waals surface area contributed by atoms with Crippen LogP contribution < -0.4 is 5.32 Å². The predicted octanol–water partition coefficient (Wildman–Crippen LogP) is 3.06. The minimum absolute atomic E-state index is 0.257. The minimum Gasteiger partial charge on any atom is -0.366 e. The highest BCUT2D eigenvalue weighted by atomic mass is 79.9. The average Bonchev–Trinajstić information content (AvgIpc) is 2.12. The van der Waals surface area contributed by atoms with Crippen LogP contribution in [0.1, 0.15) is 6.92 Å². The average molecular weight is 297 g/mol. The van der Waals surface area contributed by atoms with Gasteiger partial charge in [-0.15, -0.1) is 0 Å². The topological polar surface area (TPSA) is 37.8 Å². The Labute approximate surface area is 101 Å². The third-order valence-electron chi connectivity index (χ3n) is 1.51. The monoisotopic (exact) mass is 295 g/mol. The molecule has 3 nitrogen and oxygen atoms in total. The molecule has 78 valence electrons. The summed E-state index contributed by atoms with van der Waals surface area (Å²) in [5, 5.41) is 3.51. The molecule has 0 aliphatic carbocycles. The molecular formula is C8H11BrClN3S. The number of halogens is 2. The number of anilines is 1. The maximum atomic E-state index is 5.69. The zero-order valence-corrected chi connectivity index (χ0v) is 11.1. The molecule has 0 saturated heterocycles. The second-order valence-corrected chi connectivity index (χ2v) is 4.94. The SMILES string of the molecule is CSCC(C)Nc1nc(Cl)ncc1Br. The summed E-state index contributed by atoms with van der Waals surface area (Å²) in [6, 6.07) is 0.354. The maximum absolute atomic E-state index is 5.69. The number of aromatic nitrogens is 2. The summed E-state index contributed by atoms with van der Waals surface area (Å²) in [6.07, 6.45) is 3.71. The number of nitrogens with zero attached hydrogens (tertiary/aromatic N) is 2. The molecule has 0 fully saturated rings. The Morgan fingerprint density at radius 2 is 2.43 bits per heavy atom. The Morgan fingerprint density at radius 1 is 1.71 bits per heavy atom. The quantitative estimate of drug-likeness (QED) is 0.867. The molecule has 1 N–H and O–H groups in total. The molecule has 0 spiro atoms. The van der Waals surface area contributed by atoms with Crippen molar-refractivity contribution < 1.29 is 0 Å². The standard InChI is InChI=1S/C8H11BrClN3S/c1-5(4-14-2)12-7-6(9)3-11-8(10)13-7/h3,5H,4H2,1-2H3,(H,11,12,13). The summed E-state index contributed by atoms with van der Waals surface area (Å²) in [7, 11) is 0. The van der Waals surface area contributed by atoms with Gasteiger partial charge < -0.3 is 5.32 Å². The van der Waals surface area contributed by atoms with Crippen LogP contribution in [0, 0.1) is 0 Å². The maximum Gasteiger partial charge on any atom is 0.224 e. The highest BCUT2D eigenvalue weighted by molar-refractivity contribution is 9.10. The first-order chi connectivity index (χ1) is 6.63. The fourth-order valence-electron chi connectivity index (χ4n) is 0.972. The van der Waals surface area contributed by atoms with Crippen LogP contribution in [0.25, 0.3) is 0 Å². The van der Waals surface area contributed by atoms with Crippen LogP contribution in [0.15, 0.2) is 10.7 Å². The van der Waals surface area contributed by atoms with E-state index in [4.69, 9.17) is 11.6 Å². The van der Waals surface area contributed by atoms with Crippen molar-refractivity contribution >= 4 is 45.1 Å². The van der Waals surface area contributed by atoms with E-state index in [1.165, 1.54) is 0 Å². The number of rotatable bonds is 4. The number of hydrogen-bond acceptors (Lipinski definition) is 4. The summed E-state index contributed by atoms with van der Waals surface area (Å²) >= 11 is 10.8. The second-order valence-electron chi connectivity index (χ2n) is 2.84. The van der Waals surface area contributed by atoms with Crippen LogP contribution in [0.3, 0.4) is 0 Å². The van der Waals surface area contributed by atoms with Gasteiger partial charge in [-0.1, -0.05) is 0 Å². The molecule has 1 heterocycles. The lowest BCUT2D eigenvalue weighted by Gasteiger charge is -2.13. The Bertz CT molecular complexity index is 311. The van der Waals surface area contributed by atoms with Crippen molar-refractivity contribution in [1.82, 2.24) is 9.97 Å². The van der Waals surface area contributed by atoms with E-state index in [0.717, 1.165) is 16.0 Å². The lowest BCUT2D eigenvalue weighted by Crippen LogP contribution is -2.19. The van der Waals surface area contributed by atoms with E-state index in [1.807, 2.05) is 0 Å². The van der Waals surface area contributed by atoms with Gasteiger partial charge in [-0.2, -0.15) is 16.7 Å². The van der Waals surface area contributed by atoms with Gasteiger partial charge in [0.25, 0.3) is 0 Å². The number of nitrogens with one attached hydrogen (secondary N) is 1. The normalized spacial score (nSPS) is 12.6. The first kappa shape index (κ1) is 12.1. The van der Waals surface area contributed by atoms with E-state index in [-0.39, 0.29) is 5.28 Å². The molecule has 1 aromatic rings. The lowest BCUT2D eigenvalue weighted by molar-refractivity contribution is 0.897. The fraction of sp³-hybridized carbons (Fsp3) is 0.500. The minimum atomic E-state index is 0.257. The molecule has 0 bridgehead atoms. The van der Waals surface area contributed by atoms with Gasteiger partial charge in [-0.05, 0) is 40.7 Å². The summed E-state index contributed by atoms with van der Waals surface area (Å²) in [4.78, 5) is 7.94. The van der Waals surface area contributed by atoms with Crippen LogP contribution in [-0.2, 0) is 0 Å². The molecule has 0 saturated carbocycles. The van der Waals surface area contributed by atoms with Crippen molar-refractivity contribution in [2.24, 2.45) is 0 Å². The third kappa shape index (κ3) is 3.63. The van der Waals surface area contributed by atoms with E-state index < -0.39 is 0 Å². The molecule has 0 radical (unpaired) electrons. The van der Waals surface area contributed by atoms with E-state index >= 15 is 0 Å². The Morgan fingerprint density at radius 3 is 3.07 bits per heavy atom. The Balaban J connectivity index is 2.70. The van der Waals surface area contributed by atoms with Gasteiger partial charge in [-0.3, -0.25) is 0 Å². The van der Waals surface area contributed by atoms with Crippen molar-refractivity contribution in [3.63, 3.8) is 0 Å². The third-order valence-corrected chi connectivity index (χ3v) is 3.11. The van der Waals surface area contributed by atoms with E-state index in [0.29, 0.717) is 6.04 Å². The summed E-state index contributed by atoms with van der Waals surface area (Å²) in [5.74, 6) is 1.76. The lowest BCUT2D eigenvalue weighted by atomic mass is 10.4. The van der Waals surface area contributed by atoms with Crippen molar-refractivity contribution in [3.05, 3.63) is 16.0 Å². The molecule has 6 heteroatoms. The second kappa shape index (κ2) is 5.78. The first-order valence-electron chi connectivity index (χ1n) is 4.07. The molecule has 0 aliphatic rings. The summed E-state index contributed by atoms with van der Waals surface area (Å²) in [6.45, 7) is 2.10. The molecular weight excluding hydrogens is 286 g/mol. The molecule has 0 amide bonds. The number of hydrogen-bond donors (Lipinski definition) is 1. The van der Waals surface area contributed by atoms with Crippen molar-refractivity contribution in [1.29, 1.82) is 0 Å². The van der Waals surface area contributed by atoms with Crippen LogP contribution in [-0.4, -0.2) is 28.0 Å². The largest absolute Gasteiger partial charge is 0.366 e. The van der Waals surface area contributed by atoms with Crippen molar-refractivity contribution in [3.8, 4) is 0 Å². The van der Waals surface area contributed by atoms with Crippen LogP contribution in [0.5, 0.6) is 0 Å². The fourth-order valence-corrected chi connectivity index (χ4v) is 1.99. The molecule has 0 aromatic carbocycles. The van der Waals surface area contributed by atoms with Gasteiger partial charge in [0, 0.05) is 18.0 Å². The molecule has 1 atom stereocenters. The number of thioether (sulfide) groups is 1. The van der Waals surface area contributed by atoms with Gasteiger partial charge in [0.15, 0.2) is 0 Å². The Kier molecular flexibility index (Phi) is 4.98. The molecule has 1 rings (SSSR count). The van der Waals surface area contributed by atoms with Gasteiger partial charge in [-0.25, -0.2) is 4.98 Å². The van der Waals surface area contributed by atoms with Crippen molar-refractivity contribution in [2.75, 3.05) is 17.3 Å². The van der Waals surface area contributed by atoms with Crippen LogP contribution in [0.4, 0.5) is 5.82 Å². The zero-order chi connectivity index (χ0) is 10.6. The Hall–Kier alpha value is -0.000000000000000111.